The lowest BCUT2D eigenvalue weighted by Crippen LogP contribution is -2.14. The van der Waals surface area contributed by atoms with Gasteiger partial charge in [0.25, 0.3) is 5.91 Å². The van der Waals surface area contributed by atoms with Gasteiger partial charge in [-0.2, -0.15) is 8.78 Å². The van der Waals surface area contributed by atoms with Crippen molar-refractivity contribution in [3.8, 4) is 17.0 Å². The molecule has 0 spiro atoms. The minimum atomic E-state index is -2.87. The van der Waals surface area contributed by atoms with E-state index in [0.717, 1.165) is 10.4 Å². The average molecular weight is 412 g/mol. The minimum Gasteiger partial charge on any atom is -0.435 e. The molecule has 2 aromatic heterocycles. The number of nitrogens with one attached hydrogen (secondary N) is 1. The molecule has 0 bridgehead atoms. The molecule has 0 radical (unpaired) electrons. The van der Waals surface area contributed by atoms with E-state index in [1.165, 1.54) is 29.7 Å². The van der Waals surface area contributed by atoms with Gasteiger partial charge in [-0.15, -0.1) is 11.3 Å². The summed E-state index contributed by atoms with van der Waals surface area (Å²) in [5.41, 5.74) is 2.90. The molecular formula is C20H14F2N4O2S. The fourth-order valence-electron chi connectivity index (χ4n) is 2.74. The first-order valence-electron chi connectivity index (χ1n) is 8.55. The van der Waals surface area contributed by atoms with Crippen molar-refractivity contribution < 1.29 is 18.3 Å². The first kappa shape index (κ1) is 18.9. The van der Waals surface area contributed by atoms with Crippen LogP contribution >= 0.6 is 11.3 Å². The van der Waals surface area contributed by atoms with Gasteiger partial charge in [0.05, 0.1) is 22.9 Å². The SMILES string of the molecule is Cc1sc(NC(=O)c2cnc3ccccc3n2)nc1-c1ccc(OC(F)F)cc1. The van der Waals surface area contributed by atoms with Crippen LogP contribution in [0.25, 0.3) is 22.3 Å². The molecule has 0 aliphatic heterocycles. The normalized spacial score (nSPS) is 11.0. The van der Waals surface area contributed by atoms with Crippen molar-refractivity contribution in [3.63, 3.8) is 0 Å². The van der Waals surface area contributed by atoms with Gasteiger partial charge in [-0.25, -0.2) is 9.97 Å². The summed E-state index contributed by atoms with van der Waals surface area (Å²) in [5.74, 6) is -0.343. The molecule has 2 aromatic carbocycles. The highest BCUT2D eigenvalue weighted by Crippen LogP contribution is 2.31. The van der Waals surface area contributed by atoms with Crippen LogP contribution in [-0.4, -0.2) is 27.5 Å². The number of amides is 1. The van der Waals surface area contributed by atoms with Gasteiger partial charge in [0.2, 0.25) is 0 Å². The maximum Gasteiger partial charge on any atom is 0.387 e. The van der Waals surface area contributed by atoms with E-state index in [9.17, 15) is 13.6 Å². The largest absolute Gasteiger partial charge is 0.435 e. The zero-order chi connectivity index (χ0) is 20.4. The summed E-state index contributed by atoms with van der Waals surface area (Å²) < 4.78 is 28.9. The molecule has 0 saturated carbocycles. The van der Waals surface area contributed by atoms with Gasteiger partial charge in [-0.3, -0.25) is 15.1 Å². The Bertz CT molecular complexity index is 1180. The van der Waals surface area contributed by atoms with E-state index in [2.05, 4.69) is 25.0 Å². The molecule has 0 saturated heterocycles. The van der Waals surface area contributed by atoms with Crippen LogP contribution in [0.3, 0.4) is 0 Å². The summed E-state index contributed by atoms with van der Waals surface area (Å²) in [5, 5.41) is 3.14. The van der Waals surface area contributed by atoms with Crippen molar-refractivity contribution in [2.24, 2.45) is 0 Å². The summed E-state index contributed by atoms with van der Waals surface area (Å²) in [4.78, 5) is 26.4. The van der Waals surface area contributed by atoms with Crippen molar-refractivity contribution in [1.82, 2.24) is 15.0 Å². The predicted octanol–water partition coefficient (Wildman–Crippen LogP) is 4.92. The second-order valence-corrected chi connectivity index (χ2v) is 7.23. The number of halogens is 2. The fourth-order valence-corrected chi connectivity index (χ4v) is 3.57. The van der Waals surface area contributed by atoms with Crippen molar-refractivity contribution >= 4 is 33.4 Å². The second kappa shape index (κ2) is 7.88. The van der Waals surface area contributed by atoms with Gasteiger partial charge in [0.15, 0.2) is 5.13 Å². The molecule has 0 aliphatic rings. The zero-order valence-corrected chi connectivity index (χ0v) is 15.9. The van der Waals surface area contributed by atoms with Gasteiger partial charge in [-0.05, 0) is 43.3 Å². The topological polar surface area (TPSA) is 77.0 Å². The number of nitrogens with zero attached hydrogens (tertiary/aromatic N) is 3. The standard InChI is InChI=1S/C20H14F2N4O2S/c1-11-17(12-6-8-13(9-7-12)28-19(21)22)25-20(29-11)26-18(27)16-10-23-14-4-2-3-5-15(14)24-16/h2-10,19H,1H3,(H,25,26,27). The minimum absolute atomic E-state index is 0.0695. The van der Waals surface area contributed by atoms with Crippen LogP contribution in [0.1, 0.15) is 15.4 Å². The van der Waals surface area contributed by atoms with Gasteiger partial charge >= 0.3 is 6.61 Å². The Balaban J connectivity index is 1.53. The number of carbonyl (C=O) groups is 1. The Labute approximate surface area is 168 Å². The van der Waals surface area contributed by atoms with E-state index >= 15 is 0 Å². The van der Waals surface area contributed by atoms with Gasteiger partial charge in [0.1, 0.15) is 11.4 Å². The van der Waals surface area contributed by atoms with Gasteiger partial charge in [-0.1, -0.05) is 12.1 Å². The van der Waals surface area contributed by atoms with Crippen LogP contribution in [0.15, 0.2) is 54.7 Å². The summed E-state index contributed by atoms with van der Waals surface area (Å²) in [6, 6.07) is 13.5. The smallest absolute Gasteiger partial charge is 0.387 e. The molecule has 146 valence electrons. The lowest BCUT2D eigenvalue weighted by molar-refractivity contribution is -0.0498. The van der Waals surface area contributed by atoms with Crippen LogP contribution in [0, 0.1) is 6.92 Å². The third-order valence-electron chi connectivity index (χ3n) is 4.05. The number of aryl methyl sites for hydroxylation is 1. The van der Waals surface area contributed by atoms with E-state index in [0.29, 0.717) is 21.9 Å². The number of rotatable bonds is 5. The number of hydrogen-bond donors (Lipinski definition) is 1. The molecule has 1 N–H and O–H groups in total. The van der Waals surface area contributed by atoms with Crippen LogP contribution in [0.2, 0.25) is 0 Å². The second-order valence-electron chi connectivity index (χ2n) is 6.02. The summed E-state index contributed by atoms with van der Waals surface area (Å²) in [6.45, 7) is -1.01. The number of anilines is 1. The highest BCUT2D eigenvalue weighted by molar-refractivity contribution is 7.16. The molecular weight excluding hydrogens is 398 g/mol. The Morgan fingerprint density at radius 3 is 2.52 bits per heavy atom. The van der Waals surface area contributed by atoms with Gasteiger partial charge < -0.3 is 4.74 Å². The first-order valence-corrected chi connectivity index (χ1v) is 9.37. The van der Waals surface area contributed by atoms with E-state index < -0.39 is 12.5 Å². The number of thiazole rings is 1. The highest BCUT2D eigenvalue weighted by atomic mass is 32.1. The number of benzene rings is 2. The van der Waals surface area contributed by atoms with E-state index in [-0.39, 0.29) is 11.4 Å². The molecule has 9 heteroatoms. The molecule has 1 amide bonds. The molecule has 0 fully saturated rings. The van der Waals surface area contributed by atoms with Gasteiger partial charge in [0, 0.05) is 10.4 Å². The van der Waals surface area contributed by atoms with Crippen molar-refractivity contribution in [2.45, 2.75) is 13.5 Å². The quantitative estimate of drug-likeness (QED) is 0.504. The number of ether oxygens (including phenoxy) is 1. The molecule has 0 atom stereocenters. The Hall–Kier alpha value is -3.46. The average Bonchev–Trinajstić information content (AvgIpc) is 3.07. The monoisotopic (exact) mass is 412 g/mol. The van der Waals surface area contributed by atoms with E-state index in [1.54, 1.807) is 18.2 Å². The molecule has 4 rings (SSSR count). The summed E-state index contributed by atoms with van der Waals surface area (Å²) >= 11 is 1.31. The Kier molecular flexibility index (Phi) is 5.13. The van der Waals surface area contributed by atoms with Crippen molar-refractivity contribution in [1.29, 1.82) is 0 Å². The summed E-state index contributed by atoms with van der Waals surface area (Å²) in [7, 11) is 0. The van der Waals surface area contributed by atoms with Crippen molar-refractivity contribution in [2.75, 3.05) is 5.32 Å². The van der Waals surface area contributed by atoms with Crippen LogP contribution in [0.5, 0.6) is 5.75 Å². The first-order chi connectivity index (χ1) is 14.0. The lowest BCUT2D eigenvalue weighted by atomic mass is 10.1. The highest BCUT2D eigenvalue weighted by Gasteiger charge is 2.15. The summed E-state index contributed by atoms with van der Waals surface area (Å²) in [6.07, 6.45) is 1.42. The number of carbonyl (C=O) groups excluding carboxylic acids is 1. The number of fused-ring (bicyclic) bond motifs is 1. The van der Waals surface area contributed by atoms with E-state index in [1.807, 2.05) is 25.1 Å². The number of alkyl halides is 2. The zero-order valence-electron chi connectivity index (χ0n) is 15.1. The van der Waals surface area contributed by atoms with Crippen LogP contribution < -0.4 is 10.1 Å². The molecule has 2 heterocycles. The van der Waals surface area contributed by atoms with Crippen LogP contribution in [-0.2, 0) is 0 Å². The third-order valence-corrected chi connectivity index (χ3v) is 4.94. The van der Waals surface area contributed by atoms with E-state index in [4.69, 9.17) is 0 Å². The van der Waals surface area contributed by atoms with Crippen molar-refractivity contribution in [3.05, 3.63) is 65.3 Å². The molecule has 4 aromatic rings. The molecule has 0 unspecified atom stereocenters. The maximum atomic E-state index is 12.5. The van der Waals surface area contributed by atoms with Crippen LogP contribution in [0.4, 0.5) is 13.9 Å². The third kappa shape index (κ3) is 4.19. The lowest BCUT2D eigenvalue weighted by Gasteiger charge is -2.05. The molecule has 6 nitrogen and oxygen atoms in total. The Morgan fingerprint density at radius 1 is 1.07 bits per heavy atom. The number of hydrogen-bond acceptors (Lipinski definition) is 6. The number of aromatic nitrogens is 3. The predicted molar refractivity (Wildman–Crippen MR) is 106 cm³/mol. The maximum absolute atomic E-state index is 12.5. The number of para-hydroxylation sites is 2. The Morgan fingerprint density at radius 2 is 1.79 bits per heavy atom. The molecule has 0 aliphatic carbocycles. The fraction of sp³-hybridized carbons (Fsp3) is 0.100. The molecule has 29 heavy (non-hydrogen) atoms.